The summed E-state index contributed by atoms with van der Waals surface area (Å²) in [7, 11) is 1.66. The van der Waals surface area contributed by atoms with E-state index in [0.29, 0.717) is 0 Å². The highest BCUT2D eigenvalue weighted by Gasteiger charge is 2.07. The minimum absolute atomic E-state index is 0.0687. The third-order valence-corrected chi connectivity index (χ3v) is 2.44. The summed E-state index contributed by atoms with van der Waals surface area (Å²) >= 11 is 0. The molecule has 0 saturated heterocycles. The summed E-state index contributed by atoms with van der Waals surface area (Å²) in [5.41, 5.74) is 6.78. The Morgan fingerprint density at radius 2 is 2.13 bits per heavy atom. The zero-order valence-electron chi connectivity index (χ0n) is 8.90. The number of nitrogens with zero attached hydrogens (tertiary/aromatic N) is 1. The molecule has 0 spiro atoms. The lowest BCUT2D eigenvalue weighted by molar-refractivity contribution is 0.415. The van der Waals surface area contributed by atoms with Gasteiger partial charge in [-0.2, -0.15) is 0 Å². The summed E-state index contributed by atoms with van der Waals surface area (Å²) < 4.78 is 5.19. The molecule has 0 bridgehead atoms. The highest BCUT2D eigenvalue weighted by Crippen LogP contribution is 2.25. The van der Waals surface area contributed by atoms with Gasteiger partial charge in [-0.3, -0.25) is 4.98 Å². The molecule has 0 amide bonds. The van der Waals surface area contributed by atoms with E-state index in [0.717, 1.165) is 22.2 Å². The molecule has 0 fully saturated rings. The van der Waals surface area contributed by atoms with E-state index in [1.165, 1.54) is 0 Å². The lowest BCUT2D eigenvalue weighted by atomic mass is 10.1. The number of rotatable bonds is 2. The molecule has 1 heterocycles. The van der Waals surface area contributed by atoms with Crippen molar-refractivity contribution in [3.8, 4) is 5.75 Å². The zero-order valence-corrected chi connectivity index (χ0v) is 8.90. The van der Waals surface area contributed by atoms with Crippen LogP contribution in [0.25, 0.3) is 10.8 Å². The van der Waals surface area contributed by atoms with Crippen LogP contribution in [0.1, 0.15) is 18.7 Å². The molecule has 2 rings (SSSR count). The van der Waals surface area contributed by atoms with E-state index >= 15 is 0 Å². The second kappa shape index (κ2) is 3.87. The summed E-state index contributed by atoms with van der Waals surface area (Å²) in [6.07, 6.45) is 1.79. The molecule has 2 aromatic rings. The van der Waals surface area contributed by atoms with Gasteiger partial charge < -0.3 is 10.5 Å². The van der Waals surface area contributed by atoms with Gasteiger partial charge in [-0.15, -0.1) is 0 Å². The lowest BCUT2D eigenvalue weighted by Crippen LogP contribution is -2.07. The number of ether oxygens (including phenoxy) is 1. The predicted molar refractivity (Wildman–Crippen MR) is 60.9 cm³/mol. The Hall–Kier alpha value is -1.61. The first-order chi connectivity index (χ1) is 7.22. The summed E-state index contributed by atoms with van der Waals surface area (Å²) in [4.78, 5) is 4.30. The summed E-state index contributed by atoms with van der Waals surface area (Å²) in [6, 6.07) is 7.83. The Labute approximate surface area is 88.9 Å². The molecule has 2 N–H and O–H groups in total. The van der Waals surface area contributed by atoms with Gasteiger partial charge in [0.05, 0.1) is 12.8 Å². The number of nitrogens with two attached hydrogens (primary N) is 1. The van der Waals surface area contributed by atoms with Gasteiger partial charge in [0.2, 0.25) is 0 Å². The Balaban J connectivity index is 2.70. The molecule has 0 saturated carbocycles. The maximum absolute atomic E-state index is 5.87. The van der Waals surface area contributed by atoms with Crippen molar-refractivity contribution < 1.29 is 4.74 Å². The van der Waals surface area contributed by atoms with Crippen LogP contribution in [0, 0.1) is 0 Å². The second-order valence-electron chi connectivity index (χ2n) is 3.57. The molecule has 3 heteroatoms. The Bertz CT molecular complexity index is 480. The second-order valence-corrected chi connectivity index (χ2v) is 3.57. The van der Waals surface area contributed by atoms with Crippen LogP contribution < -0.4 is 10.5 Å². The van der Waals surface area contributed by atoms with E-state index in [2.05, 4.69) is 4.98 Å². The molecular formula is C12H14N2O. The van der Waals surface area contributed by atoms with E-state index in [1.807, 2.05) is 31.2 Å². The predicted octanol–water partition coefficient (Wildman–Crippen LogP) is 2.26. The third kappa shape index (κ3) is 1.78. The molecule has 1 aromatic carbocycles. The van der Waals surface area contributed by atoms with Gasteiger partial charge in [0.25, 0.3) is 0 Å². The number of pyridine rings is 1. The van der Waals surface area contributed by atoms with Gasteiger partial charge >= 0.3 is 0 Å². The maximum atomic E-state index is 5.87. The van der Waals surface area contributed by atoms with Crippen LogP contribution >= 0.6 is 0 Å². The van der Waals surface area contributed by atoms with Gasteiger partial charge in [0, 0.05) is 17.6 Å². The smallest absolute Gasteiger partial charge is 0.119 e. The van der Waals surface area contributed by atoms with Crippen LogP contribution in [0.5, 0.6) is 5.75 Å². The number of methoxy groups -OCH3 is 1. The highest BCUT2D eigenvalue weighted by atomic mass is 16.5. The van der Waals surface area contributed by atoms with Crippen molar-refractivity contribution in [1.29, 1.82) is 0 Å². The fourth-order valence-corrected chi connectivity index (χ4v) is 1.66. The van der Waals surface area contributed by atoms with Gasteiger partial charge in [-0.05, 0) is 30.5 Å². The molecule has 0 aliphatic rings. The monoisotopic (exact) mass is 202 g/mol. The third-order valence-electron chi connectivity index (χ3n) is 2.44. The van der Waals surface area contributed by atoms with Gasteiger partial charge in [0.1, 0.15) is 5.75 Å². The van der Waals surface area contributed by atoms with Crippen molar-refractivity contribution in [2.45, 2.75) is 13.0 Å². The summed E-state index contributed by atoms with van der Waals surface area (Å²) in [5, 5.41) is 2.20. The average molecular weight is 202 g/mol. The molecule has 0 aliphatic heterocycles. The lowest BCUT2D eigenvalue weighted by Gasteiger charge is -2.09. The van der Waals surface area contributed by atoms with E-state index in [1.54, 1.807) is 13.3 Å². The first-order valence-electron chi connectivity index (χ1n) is 4.90. The largest absolute Gasteiger partial charge is 0.497 e. The molecule has 15 heavy (non-hydrogen) atoms. The number of hydrogen-bond acceptors (Lipinski definition) is 3. The van der Waals surface area contributed by atoms with Crippen LogP contribution in [-0.2, 0) is 0 Å². The maximum Gasteiger partial charge on any atom is 0.119 e. The van der Waals surface area contributed by atoms with Crippen molar-refractivity contribution in [2.75, 3.05) is 7.11 Å². The SMILES string of the molecule is COc1ccc2ccnc(C(C)N)c2c1. The van der Waals surface area contributed by atoms with Gasteiger partial charge in [0.15, 0.2) is 0 Å². The first-order valence-corrected chi connectivity index (χ1v) is 4.90. The fraction of sp³-hybridized carbons (Fsp3) is 0.250. The van der Waals surface area contributed by atoms with Crippen molar-refractivity contribution in [2.24, 2.45) is 5.73 Å². The Morgan fingerprint density at radius 1 is 1.33 bits per heavy atom. The van der Waals surface area contributed by atoms with Crippen LogP contribution in [-0.4, -0.2) is 12.1 Å². The van der Waals surface area contributed by atoms with Crippen molar-refractivity contribution in [3.05, 3.63) is 36.2 Å². The van der Waals surface area contributed by atoms with Crippen LogP contribution in [0.15, 0.2) is 30.5 Å². The minimum Gasteiger partial charge on any atom is -0.497 e. The Morgan fingerprint density at radius 3 is 2.80 bits per heavy atom. The van der Waals surface area contributed by atoms with Crippen LogP contribution in [0.3, 0.4) is 0 Å². The van der Waals surface area contributed by atoms with E-state index in [-0.39, 0.29) is 6.04 Å². The molecule has 3 nitrogen and oxygen atoms in total. The average Bonchev–Trinajstić information content (AvgIpc) is 2.27. The number of hydrogen-bond donors (Lipinski definition) is 1. The summed E-state index contributed by atoms with van der Waals surface area (Å²) in [6.45, 7) is 1.93. The Kier molecular flexibility index (Phi) is 2.56. The number of benzene rings is 1. The molecule has 0 aliphatic carbocycles. The normalized spacial score (nSPS) is 12.7. The standard InChI is InChI=1S/C12H14N2O/c1-8(13)12-11-7-10(15-2)4-3-9(11)5-6-14-12/h3-8H,13H2,1-2H3. The number of aromatic nitrogens is 1. The van der Waals surface area contributed by atoms with Crippen molar-refractivity contribution in [3.63, 3.8) is 0 Å². The molecule has 1 unspecified atom stereocenters. The molecular weight excluding hydrogens is 188 g/mol. The molecule has 0 radical (unpaired) electrons. The fourth-order valence-electron chi connectivity index (χ4n) is 1.66. The first kappa shape index (κ1) is 9.93. The van der Waals surface area contributed by atoms with Gasteiger partial charge in [-0.1, -0.05) is 6.07 Å². The van der Waals surface area contributed by atoms with E-state index in [9.17, 15) is 0 Å². The topological polar surface area (TPSA) is 48.1 Å². The molecule has 1 aromatic heterocycles. The zero-order chi connectivity index (χ0) is 10.8. The molecule has 1 atom stereocenters. The quantitative estimate of drug-likeness (QED) is 0.812. The number of fused-ring (bicyclic) bond motifs is 1. The van der Waals surface area contributed by atoms with Crippen molar-refractivity contribution in [1.82, 2.24) is 4.98 Å². The minimum atomic E-state index is -0.0687. The van der Waals surface area contributed by atoms with E-state index < -0.39 is 0 Å². The van der Waals surface area contributed by atoms with Crippen LogP contribution in [0.2, 0.25) is 0 Å². The molecule has 78 valence electrons. The van der Waals surface area contributed by atoms with Gasteiger partial charge in [-0.25, -0.2) is 0 Å². The van der Waals surface area contributed by atoms with Crippen molar-refractivity contribution >= 4 is 10.8 Å². The van der Waals surface area contributed by atoms with E-state index in [4.69, 9.17) is 10.5 Å². The summed E-state index contributed by atoms with van der Waals surface area (Å²) in [5.74, 6) is 0.831. The van der Waals surface area contributed by atoms with Crippen LogP contribution in [0.4, 0.5) is 0 Å². The highest BCUT2D eigenvalue weighted by molar-refractivity contribution is 5.86.